The molecule has 74 valence electrons. The summed E-state index contributed by atoms with van der Waals surface area (Å²) >= 11 is 0. The lowest BCUT2D eigenvalue weighted by molar-refractivity contribution is -0.132. The van der Waals surface area contributed by atoms with E-state index in [0.717, 1.165) is 12.2 Å². The topological polar surface area (TPSA) is 49.6 Å². The number of nitrogens with two attached hydrogens (primary N) is 1. The van der Waals surface area contributed by atoms with Gasteiger partial charge in [-0.05, 0) is 12.1 Å². The fraction of sp³-hybridized carbons (Fsp3) is 0.300. The lowest BCUT2D eigenvalue weighted by Gasteiger charge is -2.33. The molecule has 1 aromatic rings. The van der Waals surface area contributed by atoms with Gasteiger partial charge in [-0.3, -0.25) is 9.80 Å². The molecule has 0 atom stereocenters. The Kier molecular flexibility index (Phi) is 2.37. The summed E-state index contributed by atoms with van der Waals surface area (Å²) in [7, 11) is 0. The second-order valence-corrected chi connectivity index (χ2v) is 3.35. The normalized spacial score (nSPS) is 17.4. The summed E-state index contributed by atoms with van der Waals surface area (Å²) in [5.74, 6) is 5.56. The largest absolute Gasteiger partial charge is 0.352 e. The summed E-state index contributed by atoms with van der Waals surface area (Å²) in [6.45, 7) is 1.22. The molecular weight excluding hydrogens is 178 g/mol. The first-order valence-electron chi connectivity index (χ1n) is 4.62. The number of hydrogen-bond acceptors (Lipinski definition) is 3. The molecule has 0 saturated carbocycles. The van der Waals surface area contributed by atoms with Gasteiger partial charge in [0.05, 0.1) is 0 Å². The van der Waals surface area contributed by atoms with Crippen LogP contribution in [0.1, 0.15) is 6.42 Å². The van der Waals surface area contributed by atoms with Crippen LogP contribution in [0.2, 0.25) is 0 Å². The Bertz CT molecular complexity index is 325. The quantitative estimate of drug-likeness (QED) is 0.521. The first kappa shape index (κ1) is 9.02. The van der Waals surface area contributed by atoms with E-state index < -0.39 is 0 Å². The first-order chi connectivity index (χ1) is 6.77. The van der Waals surface area contributed by atoms with Gasteiger partial charge >= 0.3 is 0 Å². The minimum atomic E-state index is 0.0113. The molecule has 4 nitrogen and oxygen atoms in total. The van der Waals surface area contributed by atoms with Gasteiger partial charge in [-0.1, -0.05) is 18.2 Å². The number of nitrogens with zero attached hydrogens (tertiary/aromatic N) is 2. The molecule has 2 N–H and O–H groups in total. The van der Waals surface area contributed by atoms with Gasteiger partial charge in [-0.25, -0.2) is 5.84 Å². The summed E-state index contributed by atoms with van der Waals surface area (Å²) < 4.78 is 0. The third kappa shape index (κ3) is 1.70. The minimum Gasteiger partial charge on any atom is -0.352 e. The Hall–Kier alpha value is -1.55. The number of para-hydroxylation sites is 1. The Labute approximate surface area is 82.9 Å². The zero-order valence-corrected chi connectivity index (χ0v) is 7.89. The van der Waals surface area contributed by atoms with Crippen molar-refractivity contribution in [2.24, 2.45) is 5.84 Å². The number of rotatable bonds is 1. The Morgan fingerprint density at radius 1 is 1.21 bits per heavy atom. The summed E-state index contributed by atoms with van der Waals surface area (Å²) in [6, 6.07) is 9.96. The fourth-order valence-electron chi connectivity index (χ4n) is 1.56. The highest BCUT2D eigenvalue weighted by atomic mass is 16.2. The molecule has 2 rings (SSSR count). The summed E-state index contributed by atoms with van der Waals surface area (Å²) in [6.07, 6.45) is 0.491. The highest BCUT2D eigenvalue weighted by molar-refractivity contribution is 5.77. The van der Waals surface area contributed by atoms with Crippen LogP contribution in [0, 0.1) is 0 Å². The number of benzene rings is 1. The van der Waals surface area contributed by atoms with E-state index in [-0.39, 0.29) is 5.91 Å². The van der Waals surface area contributed by atoms with Gasteiger partial charge in [0, 0.05) is 18.7 Å². The molecule has 1 aliphatic heterocycles. The van der Waals surface area contributed by atoms with E-state index >= 15 is 0 Å². The number of anilines is 1. The molecule has 1 fully saturated rings. The monoisotopic (exact) mass is 191 g/mol. The Balaban J connectivity index is 2.11. The van der Waals surface area contributed by atoms with Gasteiger partial charge in [0.15, 0.2) is 0 Å². The van der Waals surface area contributed by atoms with Crippen LogP contribution in [-0.2, 0) is 4.79 Å². The van der Waals surface area contributed by atoms with Gasteiger partial charge in [-0.15, -0.1) is 0 Å². The molecule has 0 bridgehead atoms. The summed E-state index contributed by atoms with van der Waals surface area (Å²) in [4.78, 5) is 13.2. The molecule has 0 aromatic heterocycles. The van der Waals surface area contributed by atoms with Crippen LogP contribution in [0.15, 0.2) is 30.3 Å². The molecule has 0 unspecified atom stereocenters. The number of hydrogen-bond donors (Lipinski definition) is 1. The van der Waals surface area contributed by atoms with E-state index in [1.807, 2.05) is 30.3 Å². The molecule has 4 heteroatoms. The van der Waals surface area contributed by atoms with Gasteiger partial charge in [-0.2, -0.15) is 0 Å². The van der Waals surface area contributed by atoms with Crippen molar-refractivity contribution < 1.29 is 4.79 Å². The van der Waals surface area contributed by atoms with Gasteiger partial charge < -0.3 is 4.90 Å². The molecule has 1 aromatic carbocycles. The molecule has 1 heterocycles. The van der Waals surface area contributed by atoms with Crippen LogP contribution >= 0.6 is 0 Å². The first-order valence-corrected chi connectivity index (χ1v) is 4.62. The molecule has 1 amide bonds. The van der Waals surface area contributed by atoms with Crippen molar-refractivity contribution in [3.8, 4) is 0 Å². The van der Waals surface area contributed by atoms with Crippen molar-refractivity contribution in [1.29, 1.82) is 0 Å². The van der Waals surface area contributed by atoms with Crippen LogP contribution in [-0.4, -0.2) is 24.1 Å². The predicted molar refractivity (Wildman–Crippen MR) is 54.3 cm³/mol. The Morgan fingerprint density at radius 2 is 1.93 bits per heavy atom. The van der Waals surface area contributed by atoms with E-state index in [1.165, 1.54) is 5.01 Å². The van der Waals surface area contributed by atoms with Gasteiger partial charge in [0.2, 0.25) is 5.91 Å². The van der Waals surface area contributed by atoms with Gasteiger partial charge in [0.1, 0.15) is 6.67 Å². The molecule has 0 spiro atoms. The van der Waals surface area contributed by atoms with Crippen molar-refractivity contribution in [3.63, 3.8) is 0 Å². The van der Waals surface area contributed by atoms with Crippen LogP contribution in [0.5, 0.6) is 0 Å². The van der Waals surface area contributed by atoms with Crippen LogP contribution in [0.4, 0.5) is 5.69 Å². The van der Waals surface area contributed by atoms with Crippen molar-refractivity contribution in [1.82, 2.24) is 5.01 Å². The number of carbonyl (C=O) groups excluding carboxylic acids is 1. The second-order valence-electron chi connectivity index (χ2n) is 3.35. The van der Waals surface area contributed by atoms with Crippen molar-refractivity contribution in [2.45, 2.75) is 6.42 Å². The average molecular weight is 191 g/mol. The maximum Gasteiger partial charge on any atom is 0.239 e. The van der Waals surface area contributed by atoms with E-state index in [4.69, 9.17) is 5.84 Å². The molecule has 0 aliphatic carbocycles. The molecular formula is C10H13N3O. The molecule has 0 radical (unpaired) electrons. The standard InChI is InChI=1S/C10H13N3O/c11-13-8-12(7-6-10(13)14)9-4-2-1-3-5-9/h1-5H,6-8,11H2. The van der Waals surface area contributed by atoms with Crippen LogP contribution in [0.25, 0.3) is 0 Å². The van der Waals surface area contributed by atoms with Crippen molar-refractivity contribution >= 4 is 11.6 Å². The lowest BCUT2D eigenvalue weighted by atomic mass is 10.2. The molecule has 14 heavy (non-hydrogen) atoms. The average Bonchev–Trinajstić information content (AvgIpc) is 2.23. The molecule has 1 saturated heterocycles. The Morgan fingerprint density at radius 3 is 2.57 bits per heavy atom. The number of amides is 1. The third-order valence-corrected chi connectivity index (χ3v) is 2.36. The summed E-state index contributed by atoms with van der Waals surface area (Å²) in [5, 5.41) is 1.26. The van der Waals surface area contributed by atoms with E-state index in [2.05, 4.69) is 4.90 Å². The smallest absolute Gasteiger partial charge is 0.239 e. The number of carbonyl (C=O) groups is 1. The van der Waals surface area contributed by atoms with E-state index in [0.29, 0.717) is 13.1 Å². The number of hydrazine groups is 1. The van der Waals surface area contributed by atoms with E-state index in [9.17, 15) is 4.79 Å². The predicted octanol–water partition coefficient (Wildman–Crippen LogP) is 0.556. The maximum absolute atomic E-state index is 11.1. The third-order valence-electron chi connectivity index (χ3n) is 2.36. The lowest BCUT2D eigenvalue weighted by Crippen LogP contribution is -2.51. The second kappa shape index (κ2) is 3.67. The van der Waals surface area contributed by atoms with Crippen LogP contribution < -0.4 is 10.7 Å². The minimum absolute atomic E-state index is 0.0113. The maximum atomic E-state index is 11.1. The highest BCUT2D eigenvalue weighted by Crippen LogP contribution is 2.16. The van der Waals surface area contributed by atoms with Gasteiger partial charge in [0.25, 0.3) is 0 Å². The SMILES string of the molecule is NN1CN(c2ccccc2)CCC1=O. The fourth-order valence-corrected chi connectivity index (χ4v) is 1.56. The molecule has 1 aliphatic rings. The van der Waals surface area contributed by atoms with E-state index in [1.54, 1.807) is 0 Å². The summed E-state index contributed by atoms with van der Waals surface area (Å²) in [5.41, 5.74) is 1.11. The zero-order valence-electron chi connectivity index (χ0n) is 7.89. The highest BCUT2D eigenvalue weighted by Gasteiger charge is 2.20. The zero-order chi connectivity index (χ0) is 9.97. The van der Waals surface area contributed by atoms with Crippen LogP contribution in [0.3, 0.4) is 0 Å². The van der Waals surface area contributed by atoms with Crippen molar-refractivity contribution in [2.75, 3.05) is 18.1 Å². The van der Waals surface area contributed by atoms with Crippen molar-refractivity contribution in [3.05, 3.63) is 30.3 Å².